The molecule has 0 fully saturated rings. The number of benzene rings is 1. The van der Waals surface area contributed by atoms with E-state index in [9.17, 15) is 9.59 Å². The SMILES string of the molecule is CCN(C(=O)C(C)(C)C(=O)O)c1ccccc1C. The van der Waals surface area contributed by atoms with Crippen LogP contribution in [0.1, 0.15) is 26.3 Å². The molecule has 0 radical (unpaired) electrons. The third kappa shape index (κ3) is 2.53. The maximum absolute atomic E-state index is 12.3. The number of carboxylic acid groups (broad SMARTS) is 1. The summed E-state index contributed by atoms with van der Waals surface area (Å²) in [5.74, 6) is -1.51. The van der Waals surface area contributed by atoms with E-state index in [0.717, 1.165) is 11.3 Å². The second-order valence-electron chi connectivity index (χ2n) is 4.77. The molecule has 4 heteroatoms. The number of aliphatic carboxylic acids is 1. The predicted molar refractivity (Wildman–Crippen MR) is 70.6 cm³/mol. The van der Waals surface area contributed by atoms with Crippen molar-refractivity contribution in [2.24, 2.45) is 5.41 Å². The van der Waals surface area contributed by atoms with Gasteiger partial charge in [-0.25, -0.2) is 0 Å². The minimum absolute atomic E-state index is 0.396. The van der Waals surface area contributed by atoms with E-state index in [1.807, 2.05) is 38.1 Å². The van der Waals surface area contributed by atoms with Gasteiger partial charge in [-0.3, -0.25) is 9.59 Å². The van der Waals surface area contributed by atoms with Crippen molar-refractivity contribution in [1.82, 2.24) is 0 Å². The number of para-hydroxylation sites is 1. The van der Waals surface area contributed by atoms with Gasteiger partial charge in [0.15, 0.2) is 0 Å². The number of hydrogen-bond donors (Lipinski definition) is 1. The maximum Gasteiger partial charge on any atom is 0.318 e. The number of hydrogen-bond acceptors (Lipinski definition) is 2. The van der Waals surface area contributed by atoms with E-state index < -0.39 is 17.3 Å². The largest absolute Gasteiger partial charge is 0.480 e. The lowest BCUT2D eigenvalue weighted by atomic mass is 9.91. The summed E-state index contributed by atoms with van der Waals surface area (Å²) >= 11 is 0. The van der Waals surface area contributed by atoms with Crippen LogP contribution in [0.4, 0.5) is 5.69 Å². The average Bonchev–Trinajstić information content (AvgIpc) is 2.32. The maximum atomic E-state index is 12.3. The van der Waals surface area contributed by atoms with E-state index in [2.05, 4.69) is 0 Å². The summed E-state index contributed by atoms with van der Waals surface area (Å²) in [6.45, 7) is 7.04. The molecule has 1 aromatic rings. The molecule has 0 spiro atoms. The van der Waals surface area contributed by atoms with Gasteiger partial charge < -0.3 is 10.0 Å². The quantitative estimate of drug-likeness (QED) is 0.834. The molecule has 18 heavy (non-hydrogen) atoms. The lowest BCUT2D eigenvalue weighted by molar-refractivity contribution is -0.152. The summed E-state index contributed by atoms with van der Waals surface area (Å²) in [4.78, 5) is 25.0. The summed E-state index contributed by atoms with van der Waals surface area (Å²) in [7, 11) is 0. The molecule has 0 aromatic heterocycles. The van der Waals surface area contributed by atoms with E-state index in [0.29, 0.717) is 6.54 Å². The Morgan fingerprint density at radius 1 is 1.28 bits per heavy atom. The third-order valence-electron chi connectivity index (χ3n) is 3.04. The molecule has 1 aromatic carbocycles. The van der Waals surface area contributed by atoms with Crippen molar-refractivity contribution in [3.05, 3.63) is 29.8 Å². The number of anilines is 1. The average molecular weight is 249 g/mol. The summed E-state index contributed by atoms with van der Waals surface area (Å²) in [5, 5.41) is 9.12. The van der Waals surface area contributed by atoms with Crippen molar-refractivity contribution in [3.8, 4) is 0 Å². The zero-order valence-electron chi connectivity index (χ0n) is 11.2. The van der Waals surface area contributed by atoms with Gasteiger partial charge in [0.1, 0.15) is 5.41 Å². The van der Waals surface area contributed by atoms with Crippen molar-refractivity contribution in [3.63, 3.8) is 0 Å². The van der Waals surface area contributed by atoms with E-state index in [1.165, 1.54) is 18.7 Å². The highest BCUT2D eigenvalue weighted by atomic mass is 16.4. The molecule has 0 aliphatic carbocycles. The molecule has 0 atom stereocenters. The number of aryl methyl sites for hydroxylation is 1. The monoisotopic (exact) mass is 249 g/mol. The second kappa shape index (κ2) is 5.21. The molecule has 0 bridgehead atoms. The van der Waals surface area contributed by atoms with Gasteiger partial charge in [0, 0.05) is 12.2 Å². The highest BCUT2D eigenvalue weighted by Gasteiger charge is 2.39. The van der Waals surface area contributed by atoms with Gasteiger partial charge in [-0.05, 0) is 39.3 Å². The fraction of sp³-hybridized carbons (Fsp3) is 0.429. The third-order valence-corrected chi connectivity index (χ3v) is 3.04. The zero-order chi connectivity index (χ0) is 13.9. The van der Waals surface area contributed by atoms with E-state index in [1.54, 1.807) is 0 Å². The Labute approximate surface area is 107 Å². The number of amides is 1. The molecule has 1 amide bonds. The van der Waals surface area contributed by atoms with Crippen LogP contribution in [-0.4, -0.2) is 23.5 Å². The zero-order valence-corrected chi connectivity index (χ0v) is 11.2. The first-order chi connectivity index (χ1) is 8.32. The van der Waals surface area contributed by atoms with Gasteiger partial charge >= 0.3 is 5.97 Å². The van der Waals surface area contributed by atoms with E-state index >= 15 is 0 Å². The van der Waals surface area contributed by atoms with Gasteiger partial charge in [0.25, 0.3) is 0 Å². The molecule has 1 rings (SSSR count). The first-order valence-electron chi connectivity index (χ1n) is 5.93. The van der Waals surface area contributed by atoms with Crippen LogP contribution in [0.2, 0.25) is 0 Å². The predicted octanol–water partition coefficient (Wildman–Crippen LogP) is 2.46. The number of carbonyl (C=O) groups excluding carboxylic acids is 1. The van der Waals surface area contributed by atoms with Crippen molar-refractivity contribution in [2.45, 2.75) is 27.7 Å². The molecule has 0 unspecified atom stereocenters. The molecule has 0 saturated carbocycles. The van der Waals surface area contributed by atoms with Gasteiger partial charge in [-0.1, -0.05) is 18.2 Å². The minimum Gasteiger partial charge on any atom is -0.480 e. The van der Waals surface area contributed by atoms with Crippen LogP contribution < -0.4 is 4.90 Å². The summed E-state index contributed by atoms with van der Waals surface area (Å²) in [6.07, 6.45) is 0. The molecule has 0 saturated heterocycles. The van der Waals surface area contributed by atoms with Crippen molar-refractivity contribution >= 4 is 17.6 Å². The topological polar surface area (TPSA) is 57.6 Å². The van der Waals surface area contributed by atoms with Crippen molar-refractivity contribution < 1.29 is 14.7 Å². The number of carbonyl (C=O) groups is 2. The minimum atomic E-state index is -1.42. The molecule has 0 heterocycles. The molecule has 4 nitrogen and oxygen atoms in total. The molecular formula is C14H19NO3. The van der Waals surface area contributed by atoms with Crippen LogP contribution in [-0.2, 0) is 9.59 Å². The fourth-order valence-electron chi connectivity index (χ4n) is 1.72. The Balaban J connectivity index is 3.17. The Kier molecular flexibility index (Phi) is 4.11. The molecule has 0 aliphatic heterocycles. The standard InChI is InChI=1S/C14H19NO3/c1-5-15(11-9-7-6-8-10(11)2)12(16)14(3,4)13(17)18/h6-9H,5H2,1-4H3,(H,17,18). The number of nitrogens with zero attached hydrogens (tertiary/aromatic N) is 1. The van der Waals surface area contributed by atoms with Gasteiger partial charge in [0.05, 0.1) is 0 Å². The Morgan fingerprint density at radius 2 is 1.83 bits per heavy atom. The Morgan fingerprint density at radius 3 is 2.28 bits per heavy atom. The molecular weight excluding hydrogens is 230 g/mol. The van der Waals surface area contributed by atoms with E-state index in [4.69, 9.17) is 5.11 Å². The molecule has 1 N–H and O–H groups in total. The van der Waals surface area contributed by atoms with Crippen LogP contribution in [0, 0.1) is 12.3 Å². The summed E-state index contributed by atoms with van der Waals surface area (Å²) < 4.78 is 0. The van der Waals surface area contributed by atoms with Crippen LogP contribution in [0.3, 0.4) is 0 Å². The van der Waals surface area contributed by atoms with Crippen molar-refractivity contribution in [2.75, 3.05) is 11.4 Å². The normalized spacial score (nSPS) is 11.1. The highest BCUT2D eigenvalue weighted by molar-refractivity contribution is 6.09. The number of rotatable bonds is 4. The Hall–Kier alpha value is -1.84. The summed E-state index contributed by atoms with van der Waals surface area (Å²) in [5.41, 5.74) is 0.298. The van der Waals surface area contributed by atoms with Crippen molar-refractivity contribution in [1.29, 1.82) is 0 Å². The second-order valence-corrected chi connectivity index (χ2v) is 4.77. The fourth-order valence-corrected chi connectivity index (χ4v) is 1.72. The van der Waals surface area contributed by atoms with E-state index in [-0.39, 0.29) is 0 Å². The van der Waals surface area contributed by atoms with Gasteiger partial charge in [-0.15, -0.1) is 0 Å². The first-order valence-corrected chi connectivity index (χ1v) is 5.93. The smallest absolute Gasteiger partial charge is 0.318 e. The van der Waals surface area contributed by atoms with Gasteiger partial charge in [0.2, 0.25) is 5.91 Å². The van der Waals surface area contributed by atoms with Crippen LogP contribution in [0.25, 0.3) is 0 Å². The highest BCUT2D eigenvalue weighted by Crippen LogP contribution is 2.26. The van der Waals surface area contributed by atoms with Crippen LogP contribution in [0.5, 0.6) is 0 Å². The Bertz CT molecular complexity index is 466. The lowest BCUT2D eigenvalue weighted by Crippen LogP contribution is -2.45. The number of carboxylic acids is 1. The van der Waals surface area contributed by atoms with Crippen LogP contribution >= 0.6 is 0 Å². The van der Waals surface area contributed by atoms with Crippen LogP contribution in [0.15, 0.2) is 24.3 Å². The molecule has 98 valence electrons. The van der Waals surface area contributed by atoms with Gasteiger partial charge in [-0.2, -0.15) is 0 Å². The lowest BCUT2D eigenvalue weighted by Gasteiger charge is -2.29. The first kappa shape index (κ1) is 14.2. The molecule has 0 aliphatic rings. The summed E-state index contributed by atoms with van der Waals surface area (Å²) in [6, 6.07) is 7.46.